The second-order valence-corrected chi connectivity index (χ2v) is 9.37. The number of likely N-dealkylation sites (tertiary alicyclic amines) is 1. The van der Waals surface area contributed by atoms with Crippen LogP contribution >= 0.6 is 12.2 Å². The summed E-state index contributed by atoms with van der Waals surface area (Å²) < 4.78 is 1.99. The monoisotopic (exact) mass is 505 g/mol. The Morgan fingerprint density at radius 2 is 1.89 bits per heavy atom. The number of hydrogen-bond donors (Lipinski definition) is 3. The summed E-state index contributed by atoms with van der Waals surface area (Å²) in [6.45, 7) is 4.52. The van der Waals surface area contributed by atoms with Crippen molar-refractivity contribution in [1.29, 1.82) is 0 Å². The normalized spacial score (nSPS) is 13.9. The predicted molar refractivity (Wildman–Crippen MR) is 143 cm³/mol. The lowest BCUT2D eigenvalue weighted by Gasteiger charge is -2.32. The van der Waals surface area contributed by atoms with Crippen molar-refractivity contribution in [2.75, 3.05) is 25.0 Å². The van der Waals surface area contributed by atoms with Gasteiger partial charge in [0.25, 0.3) is 11.8 Å². The molecule has 0 radical (unpaired) electrons. The van der Waals surface area contributed by atoms with E-state index in [9.17, 15) is 9.59 Å². The van der Waals surface area contributed by atoms with Crippen LogP contribution in [-0.4, -0.2) is 56.0 Å². The lowest BCUT2D eigenvalue weighted by molar-refractivity contribution is 0.0710. The molecule has 0 saturated carbocycles. The van der Waals surface area contributed by atoms with Gasteiger partial charge in [0.1, 0.15) is 0 Å². The van der Waals surface area contributed by atoms with Crippen LogP contribution < -0.4 is 16.4 Å². The smallest absolute Gasteiger partial charge is 0.253 e. The second kappa shape index (κ2) is 11.8. The lowest BCUT2D eigenvalue weighted by Crippen LogP contribution is -2.38. The number of nitrogens with zero attached hydrogens (tertiary/aromatic N) is 4. The zero-order valence-electron chi connectivity index (χ0n) is 20.3. The minimum Gasteiger partial charge on any atom is -0.376 e. The average molecular weight is 506 g/mol. The highest BCUT2D eigenvalue weighted by atomic mass is 32.1. The number of benzene rings is 1. The number of aromatic nitrogens is 3. The molecule has 0 spiro atoms. The van der Waals surface area contributed by atoms with Gasteiger partial charge < -0.3 is 25.8 Å². The van der Waals surface area contributed by atoms with Gasteiger partial charge >= 0.3 is 0 Å². The quantitative estimate of drug-likeness (QED) is 0.318. The second-order valence-electron chi connectivity index (χ2n) is 8.93. The third-order valence-corrected chi connectivity index (χ3v) is 6.42. The highest BCUT2D eigenvalue weighted by Gasteiger charge is 2.28. The Morgan fingerprint density at radius 1 is 1.14 bits per heavy atom. The van der Waals surface area contributed by atoms with E-state index in [2.05, 4.69) is 15.6 Å². The van der Waals surface area contributed by atoms with Crippen LogP contribution in [0.4, 0.5) is 5.69 Å². The van der Waals surface area contributed by atoms with Crippen molar-refractivity contribution in [3.8, 4) is 0 Å². The molecule has 10 heteroatoms. The summed E-state index contributed by atoms with van der Waals surface area (Å²) in [4.78, 5) is 36.6. The number of nitrogens with two attached hydrogens (primary N) is 1. The molecule has 1 aliphatic rings. The zero-order valence-corrected chi connectivity index (χ0v) is 21.1. The molecule has 2 amide bonds. The molecule has 0 unspecified atom stereocenters. The first kappa shape index (κ1) is 25.3. The standard InChI is InChI=1S/C26H31N7O2S/c1-18-3-8-22(24(34)29-11-2-13-32-16-12-28-17-32)23(30-18)19-9-14-33(15-10-19)25(35)20-4-6-21(7-5-20)31-26(27)36/h3-8,12,16-17,19H,2,9-11,13-15H2,1H3,(H,29,34)(H3,27,31,36). The van der Waals surface area contributed by atoms with Crippen molar-refractivity contribution >= 4 is 34.8 Å². The number of anilines is 1. The van der Waals surface area contributed by atoms with Gasteiger partial charge in [-0.05, 0) is 74.8 Å². The van der Waals surface area contributed by atoms with E-state index >= 15 is 0 Å². The number of carbonyl (C=O) groups excluding carboxylic acids is 2. The van der Waals surface area contributed by atoms with E-state index in [1.165, 1.54) is 0 Å². The van der Waals surface area contributed by atoms with Crippen molar-refractivity contribution in [2.45, 2.75) is 38.6 Å². The van der Waals surface area contributed by atoms with E-state index in [-0.39, 0.29) is 22.8 Å². The zero-order chi connectivity index (χ0) is 25.5. The molecule has 0 bridgehead atoms. The molecule has 3 aromatic rings. The topological polar surface area (TPSA) is 118 Å². The highest BCUT2D eigenvalue weighted by molar-refractivity contribution is 7.80. The van der Waals surface area contributed by atoms with Gasteiger partial charge in [0.2, 0.25) is 0 Å². The number of rotatable bonds is 8. The Bertz CT molecular complexity index is 1200. The number of pyridine rings is 1. The van der Waals surface area contributed by atoms with E-state index < -0.39 is 0 Å². The summed E-state index contributed by atoms with van der Waals surface area (Å²) in [5, 5.41) is 6.07. The molecule has 2 aromatic heterocycles. The summed E-state index contributed by atoms with van der Waals surface area (Å²) >= 11 is 4.85. The Kier molecular flexibility index (Phi) is 8.27. The summed E-state index contributed by atoms with van der Waals surface area (Å²) in [5.41, 5.74) is 9.18. The molecule has 1 saturated heterocycles. The van der Waals surface area contributed by atoms with E-state index in [1.807, 2.05) is 34.7 Å². The van der Waals surface area contributed by atoms with Gasteiger partial charge in [-0.25, -0.2) is 4.98 Å². The van der Waals surface area contributed by atoms with Gasteiger partial charge in [-0.3, -0.25) is 14.6 Å². The lowest BCUT2D eigenvalue weighted by atomic mass is 9.89. The molecule has 4 rings (SSSR count). The number of hydrogen-bond acceptors (Lipinski definition) is 5. The third kappa shape index (κ3) is 6.45. The van der Waals surface area contributed by atoms with Gasteiger partial charge in [-0.15, -0.1) is 0 Å². The molecular weight excluding hydrogens is 474 g/mol. The first-order chi connectivity index (χ1) is 17.4. The van der Waals surface area contributed by atoms with Gasteiger partial charge in [0.15, 0.2) is 5.11 Å². The third-order valence-electron chi connectivity index (χ3n) is 6.31. The minimum atomic E-state index is -0.104. The number of carbonyl (C=O) groups is 2. The van der Waals surface area contributed by atoms with Gasteiger partial charge in [-0.1, -0.05) is 0 Å². The van der Waals surface area contributed by atoms with Crippen LogP contribution in [0.25, 0.3) is 0 Å². The predicted octanol–water partition coefficient (Wildman–Crippen LogP) is 3.08. The Labute approximate surface area is 216 Å². The SMILES string of the molecule is Cc1ccc(C(=O)NCCCn2ccnc2)c(C2CCN(C(=O)c3ccc(NC(N)=S)cc3)CC2)n1. The highest BCUT2D eigenvalue weighted by Crippen LogP contribution is 2.30. The molecule has 1 aliphatic heterocycles. The maximum absolute atomic E-state index is 13.0. The number of imidazole rings is 1. The molecule has 188 valence electrons. The van der Waals surface area contributed by atoms with E-state index in [1.54, 1.807) is 36.8 Å². The molecule has 0 aliphatic carbocycles. The first-order valence-electron chi connectivity index (χ1n) is 12.1. The Hall–Kier alpha value is -3.79. The van der Waals surface area contributed by atoms with Crippen LogP contribution in [0.2, 0.25) is 0 Å². The fourth-order valence-electron chi connectivity index (χ4n) is 4.43. The summed E-state index contributed by atoms with van der Waals surface area (Å²) in [5.74, 6) is 0.00785. The summed E-state index contributed by atoms with van der Waals surface area (Å²) in [6.07, 6.45) is 7.74. The average Bonchev–Trinajstić information content (AvgIpc) is 3.40. The summed E-state index contributed by atoms with van der Waals surface area (Å²) in [7, 11) is 0. The molecule has 9 nitrogen and oxygen atoms in total. The van der Waals surface area contributed by atoms with E-state index in [4.69, 9.17) is 22.9 Å². The number of nitrogens with one attached hydrogen (secondary N) is 2. The fraction of sp³-hybridized carbons (Fsp3) is 0.346. The van der Waals surface area contributed by atoms with Gasteiger partial charge in [-0.2, -0.15) is 0 Å². The van der Waals surface area contributed by atoms with Crippen molar-refractivity contribution in [1.82, 2.24) is 24.8 Å². The van der Waals surface area contributed by atoms with Crippen LogP contribution in [0.5, 0.6) is 0 Å². The molecule has 1 fully saturated rings. The van der Waals surface area contributed by atoms with Crippen LogP contribution in [0, 0.1) is 6.92 Å². The first-order valence-corrected chi connectivity index (χ1v) is 12.5. The van der Waals surface area contributed by atoms with Crippen LogP contribution in [0.15, 0.2) is 55.1 Å². The van der Waals surface area contributed by atoms with Crippen molar-refractivity contribution in [2.24, 2.45) is 5.73 Å². The molecule has 1 aromatic carbocycles. The molecule has 0 atom stereocenters. The summed E-state index contributed by atoms with van der Waals surface area (Å²) in [6, 6.07) is 10.9. The van der Waals surface area contributed by atoms with Gasteiger partial charge in [0.05, 0.1) is 17.6 Å². The van der Waals surface area contributed by atoms with Crippen LogP contribution in [-0.2, 0) is 6.54 Å². The van der Waals surface area contributed by atoms with Crippen molar-refractivity contribution < 1.29 is 9.59 Å². The van der Waals surface area contributed by atoms with Crippen LogP contribution in [0.1, 0.15) is 57.3 Å². The van der Waals surface area contributed by atoms with Crippen molar-refractivity contribution in [3.05, 3.63) is 77.6 Å². The van der Waals surface area contributed by atoms with Gasteiger partial charge in [0, 0.05) is 61.4 Å². The van der Waals surface area contributed by atoms with E-state index in [0.717, 1.165) is 42.9 Å². The largest absolute Gasteiger partial charge is 0.376 e. The Morgan fingerprint density at radius 3 is 2.56 bits per heavy atom. The molecule has 3 heterocycles. The fourth-order valence-corrected chi connectivity index (χ4v) is 4.55. The number of piperidine rings is 1. The molecule has 4 N–H and O–H groups in total. The minimum absolute atomic E-state index is 0.0108. The Balaban J connectivity index is 1.34. The molecule has 36 heavy (non-hydrogen) atoms. The number of aryl methyl sites for hydroxylation is 2. The van der Waals surface area contributed by atoms with E-state index in [0.29, 0.717) is 30.8 Å². The van der Waals surface area contributed by atoms with Crippen LogP contribution in [0.3, 0.4) is 0 Å². The number of thiocarbonyl (C=S) groups is 1. The number of amides is 2. The van der Waals surface area contributed by atoms with Crippen molar-refractivity contribution in [3.63, 3.8) is 0 Å². The molecular formula is C26H31N7O2S. The maximum Gasteiger partial charge on any atom is 0.253 e. The maximum atomic E-state index is 13.0.